The number of carbonyl (C=O) groups is 2. The monoisotopic (exact) mass is 449 g/mol. The zero-order valence-corrected chi connectivity index (χ0v) is 19.5. The van der Waals surface area contributed by atoms with Gasteiger partial charge in [0.15, 0.2) is 5.58 Å². The topological polar surface area (TPSA) is 76.7 Å². The summed E-state index contributed by atoms with van der Waals surface area (Å²) in [6.45, 7) is 4.46. The molecule has 1 N–H and O–H groups in total. The lowest BCUT2D eigenvalue weighted by Crippen LogP contribution is -2.64. The van der Waals surface area contributed by atoms with Gasteiger partial charge in [-0.1, -0.05) is 31.4 Å². The van der Waals surface area contributed by atoms with Crippen LogP contribution >= 0.6 is 0 Å². The van der Waals surface area contributed by atoms with Gasteiger partial charge in [0.05, 0.1) is 19.2 Å². The molecule has 1 aromatic carbocycles. The number of aryl methyl sites for hydroxylation is 1. The average Bonchev–Trinajstić information content (AvgIpc) is 3.34. The van der Waals surface area contributed by atoms with E-state index in [4.69, 9.17) is 9.15 Å². The first-order valence-electron chi connectivity index (χ1n) is 11.7. The van der Waals surface area contributed by atoms with Gasteiger partial charge in [-0.15, -0.1) is 0 Å². The Balaban J connectivity index is 1.54. The molecule has 1 saturated carbocycles. The first-order valence-corrected chi connectivity index (χ1v) is 11.7. The lowest BCUT2D eigenvalue weighted by atomic mass is 9.91. The highest BCUT2D eigenvalue weighted by Gasteiger charge is 2.48. The Bertz CT molecular complexity index is 1200. The normalized spacial score (nSPS) is 21.3. The maximum Gasteiger partial charge on any atom is 0.271 e. The second-order valence-electron chi connectivity index (χ2n) is 9.55. The van der Waals surface area contributed by atoms with Gasteiger partial charge in [-0.25, -0.2) is 0 Å². The highest BCUT2D eigenvalue weighted by Crippen LogP contribution is 2.35. The zero-order chi connectivity index (χ0) is 23.2. The molecular formula is C26H31N3O4. The van der Waals surface area contributed by atoms with Crippen molar-refractivity contribution >= 4 is 22.9 Å². The van der Waals surface area contributed by atoms with Gasteiger partial charge in [-0.2, -0.15) is 0 Å². The summed E-state index contributed by atoms with van der Waals surface area (Å²) in [6.07, 6.45) is 5.46. The summed E-state index contributed by atoms with van der Waals surface area (Å²) in [6, 6.07) is 11.5. The SMILES string of the molecule is COc1cccc(CN2C(=O)c3cc4oc(C)cc4n3C[C@]2(C)C(=O)NC2CCCCC2)c1. The minimum Gasteiger partial charge on any atom is -0.497 e. The van der Waals surface area contributed by atoms with Crippen LogP contribution in [0.15, 0.2) is 40.8 Å². The molecule has 0 unspecified atom stereocenters. The minimum absolute atomic E-state index is 0.0987. The van der Waals surface area contributed by atoms with E-state index in [1.54, 1.807) is 18.1 Å². The molecule has 1 fully saturated rings. The van der Waals surface area contributed by atoms with Gasteiger partial charge >= 0.3 is 0 Å². The van der Waals surface area contributed by atoms with Crippen molar-refractivity contribution in [1.82, 2.24) is 14.8 Å². The lowest BCUT2D eigenvalue weighted by Gasteiger charge is -2.44. The Morgan fingerprint density at radius 2 is 2.00 bits per heavy atom. The first kappa shape index (κ1) is 21.6. The van der Waals surface area contributed by atoms with Crippen molar-refractivity contribution in [3.8, 4) is 5.75 Å². The van der Waals surface area contributed by atoms with Gasteiger partial charge < -0.3 is 23.9 Å². The fraction of sp³-hybridized carbons (Fsp3) is 0.462. The summed E-state index contributed by atoms with van der Waals surface area (Å²) < 4.78 is 13.1. The molecule has 1 atom stereocenters. The summed E-state index contributed by atoms with van der Waals surface area (Å²) in [7, 11) is 1.62. The van der Waals surface area contributed by atoms with E-state index in [0.717, 1.165) is 48.3 Å². The quantitative estimate of drug-likeness (QED) is 0.626. The maximum absolute atomic E-state index is 13.8. The van der Waals surface area contributed by atoms with Gasteiger partial charge in [0.1, 0.15) is 22.7 Å². The number of fused-ring (bicyclic) bond motifs is 3. The van der Waals surface area contributed by atoms with Crippen LogP contribution < -0.4 is 10.1 Å². The summed E-state index contributed by atoms with van der Waals surface area (Å²) in [5, 5.41) is 3.27. The first-order chi connectivity index (χ1) is 15.9. The number of hydrogen-bond acceptors (Lipinski definition) is 4. The van der Waals surface area contributed by atoms with E-state index in [9.17, 15) is 9.59 Å². The number of carbonyl (C=O) groups excluding carboxylic acids is 2. The van der Waals surface area contributed by atoms with Gasteiger partial charge in [-0.05, 0) is 44.4 Å². The van der Waals surface area contributed by atoms with E-state index in [1.807, 2.05) is 48.7 Å². The molecule has 2 aliphatic rings. The third-order valence-electron chi connectivity index (χ3n) is 7.14. The number of hydrogen-bond donors (Lipinski definition) is 1. The molecule has 2 aromatic heterocycles. The third kappa shape index (κ3) is 3.79. The molecule has 5 rings (SSSR count). The second-order valence-corrected chi connectivity index (χ2v) is 9.55. The van der Waals surface area contributed by atoms with Crippen LogP contribution in [-0.4, -0.2) is 40.0 Å². The van der Waals surface area contributed by atoms with Crippen LogP contribution in [0.5, 0.6) is 5.75 Å². The predicted octanol–water partition coefficient (Wildman–Crippen LogP) is 4.41. The van der Waals surface area contributed by atoms with E-state index < -0.39 is 5.54 Å². The van der Waals surface area contributed by atoms with Crippen molar-refractivity contribution in [2.24, 2.45) is 0 Å². The second kappa shape index (κ2) is 8.28. The number of nitrogens with one attached hydrogen (secondary N) is 1. The van der Waals surface area contributed by atoms with Crippen molar-refractivity contribution in [2.75, 3.05) is 7.11 Å². The van der Waals surface area contributed by atoms with Crippen molar-refractivity contribution in [3.05, 3.63) is 53.4 Å². The third-order valence-corrected chi connectivity index (χ3v) is 7.14. The van der Waals surface area contributed by atoms with E-state index in [1.165, 1.54) is 6.42 Å². The van der Waals surface area contributed by atoms with Crippen molar-refractivity contribution in [2.45, 2.75) is 70.6 Å². The van der Waals surface area contributed by atoms with Gasteiger partial charge in [0, 0.05) is 24.7 Å². The summed E-state index contributed by atoms with van der Waals surface area (Å²) in [4.78, 5) is 29.3. The predicted molar refractivity (Wildman–Crippen MR) is 125 cm³/mol. The molecule has 3 heterocycles. The Hall–Kier alpha value is -3.22. The molecular weight excluding hydrogens is 418 g/mol. The smallest absolute Gasteiger partial charge is 0.271 e. The van der Waals surface area contributed by atoms with E-state index >= 15 is 0 Å². The number of nitrogens with zero attached hydrogens (tertiary/aromatic N) is 2. The number of amides is 2. The van der Waals surface area contributed by atoms with E-state index in [0.29, 0.717) is 24.4 Å². The maximum atomic E-state index is 13.8. The molecule has 1 aliphatic heterocycles. The number of aromatic nitrogens is 1. The summed E-state index contributed by atoms with van der Waals surface area (Å²) in [5.41, 5.74) is 1.96. The molecule has 7 heteroatoms. The fourth-order valence-corrected chi connectivity index (χ4v) is 5.25. The molecule has 3 aromatic rings. The van der Waals surface area contributed by atoms with Crippen LogP contribution in [0.4, 0.5) is 0 Å². The largest absolute Gasteiger partial charge is 0.497 e. The van der Waals surface area contributed by atoms with Gasteiger partial charge in [-0.3, -0.25) is 9.59 Å². The summed E-state index contributed by atoms with van der Waals surface area (Å²) in [5.74, 6) is 1.24. The number of rotatable bonds is 5. The Kier molecular flexibility index (Phi) is 5.43. The molecule has 7 nitrogen and oxygen atoms in total. The van der Waals surface area contributed by atoms with Crippen LogP contribution in [0.25, 0.3) is 11.1 Å². The molecule has 0 spiro atoms. The molecule has 33 heavy (non-hydrogen) atoms. The number of ether oxygens (including phenoxy) is 1. The molecule has 0 saturated heterocycles. The Morgan fingerprint density at radius 1 is 1.21 bits per heavy atom. The van der Waals surface area contributed by atoms with Crippen LogP contribution in [-0.2, 0) is 17.9 Å². The van der Waals surface area contributed by atoms with Crippen molar-refractivity contribution < 1.29 is 18.7 Å². The molecule has 0 radical (unpaired) electrons. The Morgan fingerprint density at radius 3 is 2.76 bits per heavy atom. The van der Waals surface area contributed by atoms with Crippen LogP contribution in [0.1, 0.15) is 60.8 Å². The molecule has 2 amide bonds. The highest BCUT2D eigenvalue weighted by atomic mass is 16.5. The fourth-order valence-electron chi connectivity index (χ4n) is 5.25. The number of benzene rings is 1. The van der Waals surface area contributed by atoms with Crippen molar-refractivity contribution in [3.63, 3.8) is 0 Å². The molecule has 0 bridgehead atoms. The number of methoxy groups -OCH3 is 1. The van der Waals surface area contributed by atoms with Crippen molar-refractivity contribution in [1.29, 1.82) is 0 Å². The Labute approximate surface area is 193 Å². The minimum atomic E-state index is -1.04. The van der Waals surface area contributed by atoms with Crippen LogP contribution in [0.3, 0.4) is 0 Å². The molecule has 1 aliphatic carbocycles. The summed E-state index contributed by atoms with van der Waals surface area (Å²) >= 11 is 0. The molecule has 174 valence electrons. The van der Waals surface area contributed by atoms with E-state index in [2.05, 4.69) is 5.32 Å². The van der Waals surface area contributed by atoms with Crippen LogP contribution in [0, 0.1) is 6.92 Å². The standard InChI is InChI=1S/C26H31N3O4/c1-17-12-21-23(33-17)14-22-24(30)29(15-18-8-7-11-20(13-18)32-3)26(2,16-28(21)22)25(31)27-19-9-5-4-6-10-19/h7-8,11-14,19H,4-6,9-10,15-16H2,1-3H3,(H,27,31)/t26-/m1/s1. The van der Waals surface area contributed by atoms with Gasteiger partial charge in [0.25, 0.3) is 5.91 Å². The lowest BCUT2D eigenvalue weighted by molar-refractivity contribution is -0.134. The van der Waals surface area contributed by atoms with Crippen LogP contribution in [0.2, 0.25) is 0 Å². The van der Waals surface area contributed by atoms with Gasteiger partial charge in [0.2, 0.25) is 5.91 Å². The highest BCUT2D eigenvalue weighted by molar-refractivity contribution is 6.03. The average molecular weight is 450 g/mol. The number of furan rings is 1. The van der Waals surface area contributed by atoms with E-state index in [-0.39, 0.29) is 17.9 Å². The zero-order valence-electron chi connectivity index (χ0n) is 19.5.